The van der Waals surface area contributed by atoms with E-state index in [0.29, 0.717) is 5.56 Å². The number of piperidine rings is 1. The van der Waals surface area contributed by atoms with Gasteiger partial charge in [0.25, 0.3) is 12.4 Å². The van der Waals surface area contributed by atoms with Gasteiger partial charge in [0.05, 0.1) is 29.8 Å². The van der Waals surface area contributed by atoms with Crippen LogP contribution in [0.3, 0.4) is 0 Å². The fourth-order valence-electron chi connectivity index (χ4n) is 4.42. The minimum Gasteiger partial charge on any atom is -0.483 e. The van der Waals surface area contributed by atoms with Crippen LogP contribution >= 0.6 is 0 Å². The summed E-state index contributed by atoms with van der Waals surface area (Å²) in [4.78, 5) is 37.8. The number of imidazole rings is 1. The van der Waals surface area contributed by atoms with Crippen molar-refractivity contribution in [1.29, 1.82) is 0 Å². The van der Waals surface area contributed by atoms with Gasteiger partial charge in [-0.2, -0.15) is 0 Å². The monoisotopic (exact) mass is 433 g/mol. The number of aromatic nitrogens is 3. The Hall–Kier alpha value is -3.68. The molecule has 2 N–H and O–H groups in total. The van der Waals surface area contributed by atoms with Gasteiger partial charge in [-0.3, -0.25) is 9.59 Å². The third-order valence-corrected chi connectivity index (χ3v) is 6.00. The number of fused-ring (bicyclic) bond motifs is 1. The van der Waals surface area contributed by atoms with Crippen molar-refractivity contribution in [3.63, 3.8) is 0 Å². The van der Waals surface area contributed by atoms with E-state index in [9.17, 15) is 4.79 Å². The molecule has 166 valence electrons. The van der Waals surface area contributed by atoms with Crippen LogP contribution in [-0.4, -0.2) is 57.0 Å². The van der Waals surface area contributed by atoms with E-state index in [2.05, 4.69) is 44.1 Å². The molecule has 1 fully saturated rings. The molecule has 0 radical (unpaired) electrons. The lowest BCUT2D eigenvalue weighted by atomic mass is 9.91. The van der Waals surface area contributed by atoms with Crippen LogP contribution in [0.15, 0.2) is 55.0 Å². The number of hydrogen-bond donors (Lipinski definition) is 2. The van der Waals surface area contributed by atoms with Crippen molar-refractivity contribution in [2.75, 3.05) is 24.5 Å². The SMILES string of the molecule is O=C(c1ccc(N2Cc3[nH]cnc3C(c3ccccc3)C2)nc1)N1CCCCC1.O=CO. The first-order valence-electron chi connectivity index (χ1n) is 10.9. The van der Waals surface area contributed by atoms with Gasteiger partial charge in [-0.1, -0.05) is 30.3 Å². The molecule has 8 heteroatoms. The van der Waals surface area contributed by atoms with Crippen LogP contribution in [-0.2, 0) is 11.3 Å². The van der Waals surface area contributed by atoms with Gasteiger partial charge in [0.1, 0.15) is 5.82 Å². The fourth-order valence-corrected chi connectivity index (χ4v) is 4.42. The van der Waals surface area contributed by atoms with Crippen LogP contribution in [0, 0.1) is 0 Å². The zero-order valence-corrected chi connectivity index (χ0v) is 17.9. The number of nitrogens with one attached hydrogen (secondary N) is 1. The standard InChI is InChI=1S/C23H25N5O.CH2O2/c29-23(27-11-5-2-6-12-27)18-9-10-21(24-13-18)28-14-19(17-7-3-1-4-8-17)22-20(15-28)25-16-26-22;2-1-3/h1,3-4,7-10,13,16,19H,2,5-6,11-12,14-15H2,(H,25,26);1H,(H,2,3). The second kappa shape index (κ2) is 10.1. The molecule has 2 aromatic heterocycles. The van der Waals surface area contributed by atoms with E-state index in [1.54, 1.807) is 12.5 Å². The van der Waals surface area contributed by atoms with Gasteiger partial charge in [-0.05, 0) is 37.0 Å². The molecule has 32 heavy (non-hydrogen) atoms. The third-order valence-electron chi connectivity index (χ3n) is 6.00. The predicted molar refractivity (Wildman–Crippen MR) is 121 cm³/mol. The maximum Gasteiger partial charge on any atom is 0.290 e. The Morgan fingerprint density at radius 1 is 1.06 bits per heavy atom. The molecule has 0 spiro atoms. The van der Waals surface area contributed by atoms with Gasteiger partial charge in [0.15, 0.2) is 0 Å². The maximum atomic E-state index is 12.7. The zero-order valence-electron chi connectivity index (χ0n) is 17.9. The summed E-state index contributed by atoms with van der Waals surface area (Å²) in [6.07, 6.45) is 6.91. The highest BCUT2D eigenvalue weighted by molar-refractivity contribution is 5.94. The molecule has 4 heterocycles. The number of carbonyl (C=O) groups is 2. The minimum absolute atomic E-state index is 0.0976. The van der Waals surface area contributed by atoms with Crippen LogP contribution in [0.25, 0.3) is 0 Å². The van der Waals surface area contributed by atoms with Crippen LogP contribution in [0.4, 0.5) is 5.82 Å². The predicted octanol–water partition coefficient (Wildman–Crippen LogP) is 3.28. The second-order valence-electron chi connectivity index (χ2n) is 7.97. The summed E-state index contributed by atoms with van der Waals surface area (Å²) < 4.78 is 0. The van der Waals surface area contributed by atoms with Crippen LogP contribution < -0.4 is 4.90 Å². The maximum absolute atomic E-state index is 12.7. The summed E-state index contributed by atoms with van der Waals surface area (Å²) in [6.45, 7) is 3.02. The zero-order chi connectivity index (χ0) is 22.3. The number of carbonyl (C=O) groups excluding carboxylic acids is 1. The summed E-state index contributed by atoms with van der Waals surface area (Å²) in [5, 5.41) is 6.89. The van der Waals surface area contributed by atoms with Crippen molar-refractivity contribution in [3.05, 3.63) is 77.5 Å². The summed E-state index contributed by atoms with van der Waals surface area (Å²) in [5.41, 5.74) is 4.17. The molecule has 5 rings (SSSR count). The number of hydrogen-bond acceptors (Lipinski definition) is 5. The van der Waals surface area contributed by atoms with E-state index >= 15 is 0 Å². The molecule has 2 aliphatic heterocycles. The summed E-state index contributed by atoms with van der Waals surface area (Å²) in [5.74, 6) is 1.18. The Morgan fingerprint density at radius 3 is 2.50 bits per heavy atom. The number of carboxylic acid groups (broad SMARTS) is 1. The molecule has 1 aromatic carbocycles. The van der Waals surface area contributed by atoms with Crippen molar-refractivity contribution in [1.82, 2.24) is 19.9 Å². The second-order valence-corrected chi connectivity index (χ2v) is 7.97. The highest BCUT2D eigenvalue weighted by atomic mass is 16.3. The molecule has 0 aliphatic carbocycles. The topological polar surface area (TPSA) is 102 Å². The molecular weight excluding hydrogens is 406 g/mol. The molecule has 0 saturated carbocycles. The lowest BCUT2D eigenvalue weighted by Crippen LogP contribution is -2.36. The minimum atomic E-state index is -0.250. The Labute approximate surface area is 186 Å². The Morgan fingerprint density at radius 2 is 1.81 bits per heavy atom. The lowest BCUT2D eigenvalue weighted by molar-refractivity contribution is -0.122. The molecule has 8 nitrogen and oxygen atoms in total. The Balaban J connectivity index is 0.000000775. The lowest BCUT2D eigenvalue weighted by Gasteiger charge is -2.33. The van der Waals surface area contributed by atoms with Gasteiger partial charge < -0.3 is 19.9 Å². The van der Waals surface area contributed by atoms with E-state index in [0.717, 1.165) is 56.2 Å². The van der Waals surface area contributed by atoms with Crippen LogP contribution in [0.1, 0.15) is 52.5 Å². The molecule has 1 amide bonds. The number of rotatable bonds is 3. The first-order chi connectivity index (χ1) is 15.7. The van der Waals surface area contributed by atoms with Gasteiger partial charge in [0.2, 0.25) is 0 Å². The van der Waals surface area contributed by atoms with Crippen molar-refractivity contribution < 1.29 is 14.7 Å². The number of benzene rings is 1. The van der Waals surface area contributed by atoms with Gasteiger partial charge in [0, 0.05) is 31.7 Å². The van der Waals surface area contributed by atoms with Crippen LogP contribution in [0.5, 0.6) is 0 Å². The average Bonchev–Trinajstić information content (AvgIpc) is 3.33. The van der Waals surface area contributed by atoms with E-state index in [-0.39, 0.29) is 18.3 Å². The molecule has 3 aromatic rings. The van der Waals surface area contributed by atoms with Crippen molar-refractivity contribution in [2.45, 2.75) is 31.7 Å². The number of pyridine rings is 1. The van der Waals surface area contributed by atoms with Crippen molar-refractivity contribution in [2.24, 2.45) is 0 Å². The van der Waals surface area contributed by atoms with E-state index < -0.39 is 0 Å². The van der Waals surface area contributed by atoms with E-state index in [1.165, 1.54) is 12.0 Å². The number of anilines is 1. The average molecular weight is 434 g/mol. The highest BCUT2D eigenvalue weighted by Crippen LogP contribution is 2.33. The van der Waals surface area contributed by atoms with Gasteiger partial charge in [-0.25, -0.2) is 9.97 Å². The first-order valence-corrected chi connectivity index (χ1v) is 10.9. The number of likely N-dealkylation sites (tertiary alicyclic amines) is 1. The summed E-state index contributed by atoms with van der Waals surface area (Å²) >= 11 is 0. The van der Waals surface area contributed by atoms with Crippen molar-refractivity contribution >= 4 is 18.2 Å². The molecular formula is C24H27N5O3. The van der Waals surface area contributed by atoms with Gasteiger partial charge in [-0.15, -0.1) is 0 Å². The summed E-state index contributed by atoms with van der Waals surface area (Å²) in [6, 6.07) is 14.4. The Bertz CT molecular complexity index is 1030. The largest absolute Gasteiger partial charge is 0.483 e. The number of nitrogens with zero attached hydrogens (tertiary/aromatic N) is 4. The molecule has 1 saturated heterocycles. The van der Waals surface area contributed by atoms with E-state index in [1.807, 2.05) is 23.1 Å². The molecule has 2 aliphatic rings. The van der Waals surface area contributed by atoms with Gasteiger partial charge >= 0.3 is 0 Å². The Kier molecular flexibility index (Phi) is 6.79. The highest BCUT2D eigenvalue weighted by Gasteiger charge is 2.29. The molecule has 1 atom stereocenters. The van der Waals surface area contributed by atoms with E-state index in [4.69, 9.17) is 9.90 Å². The number of aromatic amines is 1. The molecule has 0 bridgehead atoms. The smallest absolute Gasteiger partial charge is 0.290 e. The van der Waals surface area contributed by atoms with Crippen molar-refractivity contribution in [3.8, 4) is 0 Å². The van der Waals surface area contributed by atoms with Crippen LogP contribution in [0.2, 0.25) is 0 Å². The normalized spacial score (nSPS) is 17.7. The molecule has 1 unspecified atom stereocenters. The number of amides is 1. The summed E-state index contributed by atoms with van der Waals surface area (Å²) in [7, 11) is 0. The third kappa shape index (κ3) is 4.64. The first kappa shape index (κ1) is 21.5. The number of H-pyrrole nitrogens is 1. The fraction of sp³-hybridized carbons (Fsp3) is 0.333. The quantitative estimate of drug-likeness (QED) is 0.615.